The number of ether oxygens (including phenoxy) is 2. The van der Waals surface area contributed by atoms with Gasteiger partial charge in [-0.25, -0.2) is 9.18 Å². The van der Waals surface area contributed by atoms with Crippen LogP contribution in [-0.2, 0) is 17.9 Å². The van der Waals surface area contributed by atoms with Crippen LogP contribution in [0.5, 0.6) is 11.5 Å². The summed E-state index contributed by atoms with van der Waals surface area (Å²) in [4.78, 5) is 36.8. The molecule has 0 spiro atoms. The van der Waals surface area contributed by atoms with Gasteiger partial charge in [0.2, 0.25) is 0 Å². The molecular formula is C26H21BrFN3O6. The fourth-order valence-corrected chi connectivity index (χ4v) is 4.24. The van der Waals surface area contributed by atoms with Crippen LogP contribution in [0.1, 0.15) is 23.6 Å². The van der Waals surface area contributed by atoms with Gasteiger partial charge in [-0.2, -0.15) is 0 Å². The summed E-state index contributed by atoms with van der Waals surface area (Å²) in [5.41, 5.74) is 1.35. The Morgan fingerprint density at radius 1 is 1.11 bits per heavy atom. The number of nitrogens with zero attached hydrogens (tertiary/aromatic N) is 2. The Kier molecular flexibility index (Phi) is 7.83. The number of imide groups is 1. The van der Waals surface area contributed by atoms with E-state index in [1.54, 1.807) is 37.3 Å². The zero-order chi connectivity index (χ0) is 26.5. The smallest absolute Gasteiger partial charge is 0.329 e. The van der Waals surface area contributed by atoms with Crippen molar-refractivity contribution < 1.29 is 28.4 Å². The van der Waals surface area contributed by atoms with E-state index < -0.39 is 22.7 Å². The Hall–Kier alpha value is -4.25. The van der Waals surface area contributed by atoms with Crippen LogP contribution < -0.4 is 14.8 Å². The van der Waals surface area contributed by atoms with Crippen molar-refractivity contribution in [3.8, 4) is 11.5 Å². The highest BCUT2D eigenvalue weighted by atomic mass is 79.9. The Labute approximate surface area is 219 Å². The molecule has 3 amide bonds. The van der Waals surface area contributed by atoms with Crippen molar-refractivity contribution in [2.75, 3.05) is 6.61 Å². The van der Waals surface area contributed by atoms with E-state index >= 15 is 0 Å². The minimum Gasteiger partial charge on any atom is -0.490 e. The molecule has 3 aromatic rings. The first kappa shape index (κ1) is 25.8. The number of urea groups is 1. The highest BCUT2D eigenvalue weighted by Crippen LogP contribution is 2.38. The molecule has 0 aliphatic carbocycles. The van der Waals surface area contributed by atoms with Crippen LogP contribution in [-0.4, -0.2) is 28.4 Å². The maximum Gasteiger partial charge on any atom is 0.329 e. The number of nitro benzene ring substituents is 1. The minimum atomic E-state index is -0.652. The quantitative estimate of drug-likeness (QED) is 0.156. The number of hydrogen-bond acceptors (Lipinski definition) is 6. The molecule has 1 aliphatic heterocycles. The number of carbonyl (C=O) groups excluding carboxylic acids is 2. The van der Waals surface area contributed by atoms with Gasteiger partial charge in [-0.05, 0) is 58.3 Å². The third-order valence-corrected chi connectivity index (χ3v) is 5.98. The number of benzene rings is 3. The van der Waals surface area contributed by atoms with Crippen molar-refractivity contribution in [1.29, 1.82) is 0 Å². The summed E-state index contributed by atoms with van der Waals surface area (Å²) in [6.45, 7) is 1.98. The second kappa shape index (κ2) is 11.2. The predicted octanol–water partition coefficient (Wildman–Crippen LogP) is 5.57. The lowest BCUT2D eigenvalue weighted by Crippen LogP contribution is -2.30. The number of amides is 3. The molecule has 0 aromatic heterocycles. The molecule has 0 bridgehead atoms. The number of rotatable bonds is 9. The molecule has 0 atom stereocenters. The van der Waals surface area contributed by atoms with Gasteiger partial charge >= 0.3 is 6.03 Å². The summed E-state index contributed by atoms with van der Waals surface area (Å²) in [6.07, 6.45) is 1.49. The second-order valence-corrected chi connectivity index (χ2v) is 8.80. The van der Waals surface area contributed by atoms with E-state index in [4.69, 9.17) is 9.47 Å². The number of non-ortho nitro benzene ring substituents is 1. The van der Waals surface area contributed by atoms with E-state index in [9.17, 15) is 24.1 Å². The Morgan fingerprint density at radius 3 is 2.62 bits per heavy atom. The maximum atomic E-state index is 14.0. The van der Waals surface area contributed by atoms with Gasteiger partial charge < -0.3 is 14.8 Å². The Balaban J connectivity index is 1.56. The molecule has 0 saturated carbocycles. The van der Waals surface area contributed by atoms with E-state index in [0.717, 1.165) is 4.90 Å². The van der Waals surface area contributed by atoms with Crippen LogP contribution >= 0.6 is 15.9 Å². The first-order valence-electron chi connectivity index (χ1n) is 11.2. The van der Waals surface area contributed by atoms with E-state index in [1.807, 2.05) is 0 Å². The summed E-state index contributed by atoms with van der Waals surface area (Å²) in [7, 11) is 0. The second-order valence-electron chi connectivity index (χ2n) is 7.95. The lowest BCUT2D eigenvalue weighted by atomic mass is 10.1. The summed E-state index contributed by atoms with van der Waals surface area (Å²) in [5.74, 6) is -0.354. The van der Waals surface area contributed by atoms with Crippen molar-refractivity contribution in [3.05, 3.63) is 103 Å². The normalized spacial score (nSPS) is 14.1. The average molecular weight is 570 g/mol. The van der Waals surface area contributed by atoms with Crippen molar-refractivity contribution in [2.45, 2.75) is 20.1 Å². The predicted molar refractivity (Wildman–Crippen MR) is 136 cm³/mol. The lowest BCUT2D eigenvalue weighted by Gasteiger charge is -2.15. The fraction of sp³-hybridized carbons (Fsp3) is 0.154. The molecule has 0 unspecified atom stereocenters. The molecule has 9 nitrogen and oxygen atoms in total. The van der Waals surface area contributed by atoms with Gasteiger partial charge in [0.15, 0.2) is 11.5 Å². The molecule has 1 fully saturated rings. The van der Waals surface area contributed by atoms with Gasteiger partial charge in [-0.3, -0.25) is 19.8 Å². The first-order chi connectivity index (χ1) is 17.8. The van der Waals surface area contributed by atoms with E-state index in [-0.39, 0.29) is 30.1 Å². The number of nitro groups is 1. The molecule has 4 rings (SSSR count). The summed E-state index contributed by atoms with van der Waals surface area (Å²) < 4.78 is 26.2. The summed E-state index contributed by atoms with van der Waals surface area (Å²) in [5, 5.41) is 13.6. The zero-order valence-electron chi connectivity index (χ0n) is 19.6. The molecule has 1 saturated heterocycles. The third kappa shape index (κ3) is 5.95. The Bertz CT molecular complexity index is 1410. The molecular weight excluding hydrogens is 549 g/mol. The van der Waals surface area contributed by atoms with Crippen molar-refractivity contribution in [2.24, 2.45) is 0 Å². The van der Waals surface area contributed by atoms with Crippen molar-refractivity contribution in [1.82, 2.24) is 10.2 Å². The van der Waals surface area contributed by atoms with Gasteiger partial charge in [0.1, 0.15) is 18.1 Å². The van der Waals surface area contributed by atoms with E-state index in [2.05, 4.69) is 21.2 Å². The molecule has 11 heteroatoms. The van der Waals surface area contributed by atoms with E-state index in [1.165, 1.54) is 36.4 Å². The number of carbonyl (C=O) groups is 2. The molecule has 37 heavy (non-hydrogen) atoms. The molecule has 1 aliphatic rings. The fourth-order valence-electron chi connectivity index (χ4n) is 3.67. The molecule has 190 valence electrons. The monoisotopic (exact) mass is 569 g/mol. The van der Waals surface area contributed by atoms with Crippen molar-refractivity contribution in [3.63, 3.8) is 0 Å². The van der Waals surface area contributed by atoms with Gasteiger partial charge in [-0.15, -0.1) is 0 Å². The highest BCUT2D eigenvalue weighted by molar-refractivity contribution is 9.10. The Morgan fingerprint density at radius 2 is 1.89 bits per heavy atom. The number of halogens is 2. The third-order valence-electron chi connectivity index (χ3n) is 5.40. The molecule has 0 radical (unpaired) electrons. The molecule has 1 heterocycles. The highest BCUT2D eigenvalue weighted by Gasteiger charge is 2.34. The molecule has 1 N–H and O–H groups in total. The molecule has 3 aromatic carbocycles. The van der Waals surface area contributed by atoms with Gasteiger partial charge in [0, 0.05) is 17.7 Å². The SMILES string of the molecule is CCOc1cc(/C=C2/NC(=O)N(Cc3ccccc3F)C2=O)cc(Br)c1OCc1cccc([N+](=O)[O-])c1. The van der Waals surface area contributed by atoms with Crippen LogP contribution in [0.3, 0.4) is 0 Å². The lowest BCUT2D eigenvalue weighted by molar-refractivity contribution is -0.384. The number of hydrogen-bond donors (Lipinski definition) is 1. The van der Waals surface area contributed by atoms with Gasteiger partial charge in [0.05, 0.1) is 22.5 Å². The minimum absolute atomic E-state index is 0.0287. The summed E-state index contributed by atoms with van der Waals surface area (Å²) >= 11 is 3.45. The first-order valence-corrected chi connectivity index (χ1v) is 12.0. The van der Waals surface area contributed by atoms with Gasteiger partial charge in [-0.1, -0.05) is 30.3 Å². The summed E-state index contributed by atoms with van der Waals surface area (Å²) in [6, 6.07) is 14.7. The van der Waals surface area contributed by atoms with Gasteiger partial charge in [0.25, 0.3) is 11.6 Å². The zero-order valence-corrected chi connectivity index (χ0v) is 21.2. The van der Waals surface area contributed by atoms with E-state index in [0.29, 0.717) is 33.7 Å². The number of nitrogens with one attached hydrogen (secondary N) is 1. The van der Waals surface area contributed by atoms with Crippen LogP contribution in [0.25, 0.3) is 6.08 Å². The topological polar surface area (TPSA) is 111 Å². The van der Waals surface area contributed by atoms with Crippen LogP contribution in [0, 0.1) is 15.9 Å². The average Bonchev–Trinajstić information content (AvgIpc) is 3.12. The maximum absolute atomic E-state index is 14.0. The largest absolute Gasteiger partial charge is 0.490 e. The van der Waals surface area contributed by atoms with Crippen LogP contribution in [0.4, 0.5) is 14.9 Å². The van der Waals surface area contributed by atoms with Crippen LogP contribution in [0.15, 0.2) is 70.8 Å². The van der Waals surface area contributed by atoms with Crippen molar-refractivity contribution >= 4 is 39.6 Å². The van der Waals surface area contributed by atoms with Crippen LogP contribution in [0.2, 0.25) is 0 Å². The standard InChI is InChI=1S/C26H21BrFN3O6/c1-2-36-23-13-17(11-20(27)24(23)37-15-16-6-5-8-19(10-16)31(34)35)12-22-25(32)30(26(33)29-22)14-18-7-3-4-9-21(18)28/h3-13H,2,14-15H2,1H3,(H,29,33)/b22-12+.